The van der Waals surface area contributed by atoms with E-state index in [4.69, 9.17) is 10.2 Å². The second-order valence-electron chi connectivity index (χ2n) is 4.00. The molecule has 98 valence electrons. The number of carboxylic acids is 1. The van der Waals surface area contributed by atoms with Crippen LogP contribution in [-0.2, 0) is 14.4 Å². The average Bonchev–Trinajstić information content (AvgIpc) is 2.20. The van der Waals surface area contributed by atoms with Crippen LogP contribution >= 0.6 is 0 Å². The molecule has 2 amide bonds. The van der Waals surface area contributed by atoms with E-state index in [1.54, 1.807) is 13.8 Å². The lowest BCUT2D eigenvalue weighted by Gasteiger charge is -2.22. The number of carbonyl (C=O) groups excluding carboxylic acids is 2. The SMILES string of the molecule is CC(=O)NC(C(=O)N[C@H](CO)C(=O)O)C(C)C. The van der Waals surface area contributed by atoms with E-state index in [1.165, 1.54) is 6.92 Å². The van der Waals surface area contributed by atoms with E-state index in [1.807, 2.05) is 0 Å². The van der Waals surface area contributed by atoms with Crippen molar-refractivity contribution in [2.45, 2.75) is 32.9 Å². The van der Waals surface area contributed by atoms with Crippen molar-refractivity contribution in [3.05, 3.63) is 0 Å². The molecular formula is C10H18N2O5. The van der Waals surface area contributed by atoms with Crippen LogP contribution in [0.3, 0.4) is 0 Å². The maximum absolute atomic E-state index is 11.7. The first-order valence-electron chi connectivity index (χ1n) is 5.20. The molecule has 0 aromatic carbocycles. The molecule has 7 heteroatoms. The van der Waals surface area contributed by atoms with E-state index in [2.05, 4.69) is 10.6 Å². The molecule has 0 aromatic heterocycles. The summed E-state index contributed by atoms with van der Waals surface area (Å²) in [6.07, 6.45) is 0. The molecule has 4 N–H and O–H groups in total. The molecule has 17 heavy (non-hydrogen) atoms. The third-order valence-electron chi connectivity index (χ3n) is 2.11. The number of hydrogen-bond acceptors (Lipinski definition) is 4. The zero-order valence-corrected chi connectivity index (χ0v) is 10.1. The minimum atomic E-state index is -1.36. The Morgan fingerprint density at radius 2 is 1.71 bits per heavy atom. The summed E-state index contributed by atoms with van der Waals surface area (Å²) in [6, 6.07) is -2.18. The molecule has 0 saturated heterocycles. The summed E-state index contributed by atoms with van der Waals surface area (Å²) < 4.78 is 0. The highest BCUT2D eigenvalue weighted by molar-refractivity contribution is 5.90. The van der Waals surface area contributed by atoms with Crippen LogP contribution in [0.4, 0.5) is 0 Å². The van der Waals surface area contributed by atoms with Gasteiger partial charge in [-0.2, -0.15) is 0 Å². The van der Waals surface area contributed by atoms with Gasteiger partial charge in [-0.05, 0) is 5.92 Å². The molecule has 2 atom stereocenters. The van der Waals surface area contributed by atoms with Crippen molar-refractivity contribution in [2.24, 2.45) is 5.92 Å². The number of amides is 2. The number of nitrogens with one attached hydrogen (secondary N) is 2. The predicted molar refractivity (Wildman–Crippen MR) is 59.1 cm³/mol. The third kappa shape index (κ3) is 5.30. The molecule has 7 nitrogen and oxygen atoms in total. The minimum Gasteiger partial charge on any atom is -0.480 e. The predicted octanol–water partition coefficient (Wildman–Crippen LogP) is -1.29. The first kappa shape index (κ1) is 15.4. The van der Waals surface area contributed by atoms with Crippen LogP contribution in [0.25, 0.3) is 0 Å². The number of carbonyl (C=O) groups is 3. The molecular weight excluding hydrogens is 228 g/mol. The summed E-state index contributed by atoms with van der Waals surface area (Å²) in [4.78, 5) is 33.2. The number of aliphatic hydroxyl groups excluding tert-OH is 1. The van der Waals surface area contributed by atoms with E-state index in [0.29, 0.717) is 0 Å². The van der Waals surface area contributed by atoms with E-state index in [0.717, 1.165) is 0 Å². The molecule has 0 radical (unpaired) electrons. The van der Waals surface area contributed by atoms with Crippen molar-refractivity contribution < 1.29 is 24.6 Å². The van der Waals surface area contributed by atoms with Gasteiger partial charge in [0.1, 0.15) is 12.1 Å². The summed E-state index contributed by atoms with van der Waals surface area (Å²) in [5, 5.41) is 22.0. The van der Waals surface area contributed by atoms with Gasteiger partial charge in [0.25, 0.3) is 0 Å². The lowest BCUT2D eigenvalue weighted by Crippen LogP contribution is -2.54. The Labute approximate surface area is 99.2 Å². The molecule has 0 heterocycles. The van der Waals surface area contributed by atoms with Gasteiger partial charge in [-0.3, -0.25) is 9.59 Å². The van der Waals surface area contributed by atoms with E-state index < -0.39 is 30.6 Å². The second-order valence-corrected chi connectivity index (χ2v) is 4.00. The lowest BCUT2D eigenvalue weighted by atomic mass is 10.0. The Morgan fingerprint density at radius 3 is 2.00 bits per heavy atom. The summed E-state index contributed by atoms with van der Waals surface area (Å²) in [7, 11) is 0. The van der Waals surface area contributed by atoms with Crippen molar-refractivity contribution in [2.75, 3.05) is 6.61 Å². The van der Waals surface area contributed by atoms with Crippen LogP contribution in [-0.4, -0.2) is 46.7 Å². The van der Waals surface area contributed by atoms with Crippen LogP contribution in [0.15, 0.2) is 0 Å². The van der Waals surface area contributed by atoms with Crippen LogP contribution in [0.2, 0.25) is 0 Å². The van der Waals surface area contributed by atoms with Gasteiger partial charge in [-0.25, -0.2) is 4.79 Å². The topological polar surface area (TPSA) is 116 Å². The molecule has 0 aliphatic heterocycles. The van der Waals surface area contributed by atoms with Crippen LogP contribution in [0.1, 0.15) is 20.8 Å². The van der Waals surface area contributed by atoms with Gasteiger partial charge in [0.15, 0.2) is 0 Å². The van der Waals surface area contributed by atoms with Gasteiger partial charge in [-0.1, -0.05) is 13.8 Å². The van der Waals surface area contributed by atoms with Gasteiger partial charge in [-0.15, -0.1) is 0 Å². The van der Waals surface area contributed by atoms with Crippen LogP contribution in [0, 0.1) is 5.92 Å². The van der Waals surface area contributed by atoms with Gasteiger partial charge in [0.05, 0.1) is 6.61 Å². The van der Waals surface area contributed by atoms with Crippen molar-refractivity contribution in [1.29, 1.82) is 0 Å². The molecule has 0 rings (SSSR count). The summed E-state index contributed by atoms with van der Waals surface area (Å²) >= 11 is 0. The number of aliphatic hydroxyl groups is 1. The maximum atomic E-state index is 11.7. The molecule has 0 bridgehead atoms. The Kier molecular flexibility index (Phi) is 6.19. The normalized spacial score (nSPS) is 13.9. The van der Waals surface area contributed by atoms with Crippen molar-refractivity contribution in [1.82, 2.24) is 10.6 Å². The Bertz CT molecular complexity index is 303. The van der Waals surface area contributed by atoms with Gasteiger partial charge in [0.2, 0.25) is 11.8 Å². The first-order chi connectivity index (χ1) is 7.79. The van der Waals surface area contributed by atoms with Gasteiger partial charge >= 0.3 is 5.97 Å². The van der Waals surface area contributed by atoms with Crippen molar-refractivity contribution >= 4 is 17.8 Å². The number of carboxylic acid groups (broad SMARTS) is 1. The van der Waals surface area contributed by atoms with E-state index in [9.17, 15) is 14.4 Å². The fourth-order valence-corrected chi connectivity index (χ4v) is 1.20. The summed E-state index contributed by atoms with van der Waals surface area (Å²) in [6.45, 7) is 4.00. The highest BCUT2D eigenvalue weighted by Crippen LogP contribution is 2.02. The largest absolute Gasteiger partial charge is 0.480 e. The Morgan fingerprint density at radius 1 is 1.18 bits per heavy atom. The third-order valence-corrected chi connectivity index (χ3v) is 2.11. The zero-order valence-electron chi connectivity index (χ0n) is 10.1. The van der Waals surface area contributed by atoms with E-state index >= 15 is 0 Å². The highest BCUT2D eigenvalue weighted by Gasteiger charge is 2.27. The summed E-state index contributed by atoms with van der Waals surface area (Å²) in [5.41, 5.74) is 0. The molecule has 1 unspecified atom stereocenters. The molecule has 0 saturated carbocycles. The molecule has 0 spiro atoms. The smallest absolute Gasteiger partial charge is 0.328 e. The fourth-order valence-electron chi connectivity index (χ4n) is 1.20. The van der Waals surface area contributed by atoms with Crippen molar-refractivity contribution in [3.63, 3.8) is 0 Å². The van der Waals surface area contributed by atoms with Crippen LogP contribution in [0.5, 0.6) is 0 Å². The maximum Gasteiger partial charge on any atom is 0.328 e. The Hall–Kier alpha value is -1.63. The van der Waals surface area contributed by atoms with Gasteiger partial charge < -0.3 is 20.8 Å². The highest BCUT2D eigenvalue weighted by atomic mass is 16.4. The Balaban J connectivity index is 4.62. The first-order valence-corrected chi connectivity index (χ1v) is 5.20. The zero-order chi connectivity index (χ0) is 13.6. The number of hydrogen-bond donors (Lipinski definition) is 4. The van der Waals surface area contributed by atoms with E-state index in [-0.39, 0.29) is 11.8 Å². The molecule has 0 fully saturated rings. The molecule has 0 aromatic rings. The fraction of sp³-hybridized carbons (Fsp3) is 0.700. The lowest BCUT2D eigenvalue weighted by molar-refractivity contribution is -0.143. The summed E-state index contributed by atoms with van der Waals surface area (Å²) in [5.74, 6) is -2.52. The number of rotatable bonds is 6. The van der Waals surface area contributed by atoms with Crippen LogP contribution < -0.4 is 10.6 Å². The standard InChI is InChI=1S/C10H18N2O5/c1-5(2)8(11-6(3)14)9(15)12-7(4-13)10(16)17/h5,7-8,13H,4H2,1-3H3,(H,11,14)(H,12,15)(H,16,17)/t7-,8?/m1/s1. The second kappa shape index (κ2) is 6.85. The monoisotopic (exact) mass is 246 g/mol. The van der Waals surface area contributed by atoms with Gasteiger partial charge in [0, 0.05) is 6.92 Å². The molecule has 0 aliphatic carbocycles. The minimum absolute atomic E-state index is 0.188. The van der Waals surface area contributed by atoms with Crippen molar-refractivity contribution in [3.8, 4) is 0 Å². The number of aliphatic carboxylic acids is 1. The quantitative estimate of drug-likeness (QED) is 0.465. The molecule has 0 aliphatic rings. The average molecular weight is 246 g/mol.